The molecule has 3 N–H and O–H groups in total. The van der Waals surface area contributed by atoms with E-state index >= 15 is 0 Å². The Labute approximate surface area is 185 Å². The van der Waals surface area contributed by atoms with E-state index in [4.69, 9.17) is 10.5 Å². The second-order valence-corrected chi connectivity index (χ2v) is 7.06. The average molecular weight is 494 g/mol. The third kappa shape index (κ3) is 7.31. The van der Waals surface area contributed by atoms with Crippen LogP contribution in [0.2, 0.25) is 0 Å². The molecule has 1 aliphatic rings. The number of methoxy groups -OCH3 is 1. The van der Waals surface area contributed by atoms with Crippen LogP contribution in [0.4, 0.5) is 5.69 Å². The lowest BCUT2D eigenvalue weighted by Crippen LogP contribution is -2.23. The summed E-state index contributed by atoms with van der Waals surface area (Å²) >= 11 is 0. The Morgan fingerprint density at radius 3 is 2.18 bits per heavy atom. The third-order valence-electron chi connectivity index (χ3n) is 4.92. The fourth-order valence-electron chi connectivity index (χ4n) is 3.34. The van der Waals surface area contributed by atoms with Crippen molar-refractivity contribution in [1.82, 2.24) is 4.90 Å². The molecule has 5 nitrogen and oxygen atoms in total. The normalized spacial score (nSPS) is 15.4. The number of nitrogens with two attached hydrogens (primary N) is 1. The third-order valence-corrected chi connectivity index (χ3v) is 4.92. The number of ether oxygens (including phenoxy) is 1. The van der Waals surface area contributed by atoms with E-state index in [0.29, 0.717) is 12.5 Å². The van der Waals surface area contributed by atoms with Crippen molar-refractivity contribution in [2.45, 2.75) is 38.8 Å². The van der Waals surface area contributed by atoms with Gasteiger partial charge in [0.2, 0.25) is 0 Å². The van der Waals surface area contributed by atoms with Gasteiger partial charge in [-0.25, -0.2) is 4.99 Å². The van der Waals surface area contributed by atoms with E-state index in [9.17, 15) is 0 Å². The first-order valence-electron chi connectivity index (χ1n) is 9.74. The van der Waals surface area contributed by atoms with Crippen molar-refractivity contribution in [3.8, 4) is 5.75 Å². The molecule has 0 bridgehead atoms. The molecule has 2 aromatic rings. The summed E-state index contributed by atoms with van der Waals surface area (Å²) in [7, 11) is 1.65. The van der Waals surface area contributed by atoms with Crippen LogP contribution in [0.3, 0.4) is 0 Å². The van der Waals surface area contributed by atoms with Crippen LogP contribution in [0.5, 0.6) is 5.75 Å². The number of aliphatic imine (C=N–C) groups is 1. The minimum Gasteiger partial charge on any atom is -0.497 e. The van der Waals surface area contributed by atoms with Gasteiger partial charge in [-0.1, -0.05) is 37.1 Å². The Bertz CT molecular complexity index is 723. The zero-order valence-corrected chi connectivity index (χ0v) is 18.9. The van der Waals surface area contributed by atoms with E-state index in [2.05, 4.69) is 39.5 Å². The van der Waals surface area contributed by atoms with Gasteiger partial charge < -0.3 is 15.8 Å². The second-order valence-electron chi connectivity index (χ2n) is 7.06. The van der Waals surface area contributed by atoms with Crippen molar-refractivity contribution in [3.63, 3.8) is 0 Å². The van der Waals surface area contributed by atoms with Crippen LogP contribution in [0, 0.1) is 0 Å². The molecule has 0 aliphatic carbocycles. The fraction of sp³-hybridized carbons (Fsp3) is 0.409. The highest BCUT2D eigenvalue weighted by Crippen LogP contribution is 2.16. The van der Waals surface area contributed by atoms with Gasteiger partial charge in [0.15, 0.2) is 5.96 Å². The first-order valence-corrected chi connectivity index (χ1v) is 9.74. The summed E-state index contributed by atoms with van der Waals surface area (Å²) in [5.74, 6) is 1.23. The van der Waals surface area contributed by atoms with E-state index in [-0.39, 0.29) is 24.0 Å². The van der Waals surface area contributed by atoms with Crippen molar-refractivity contribution >= 4 is 35.6 Å². The Kier molecular flexibility index (Phi) is 9.57. The van der Waals surface area contributed by atoms with Crippen molar-refractivity contribution in [2.24, 2.45) is 10.7 Å². The van der Waals surface area contributed by atoms with Crippen LogP contribution in [0.15, 0.2) is 53.5 Å². The molecule has 1 heterocycles. The molecule has 1 fully saturated rings. The SMILES string of the molecule is COc1ccc(NC(N)=NCc2ccc(CN3CCCCCC3)cc2)cc1.I. The van der Waals surface area contributed by atoms with Crippen LogP contribution < -0.4 is 15.8 Å². The highest BCUT2D eigenvalue weighted by atomic mass is 127. The lowest BCUT2D eigenvalue weighted by atomic mass is 10.1. The molecule has 152 valence electrons. The summed E-state index contributed by atoms with van der Waals surface area (Å²) < 4.78 is 5.15. The second kappa shape index (κ2) is 11.9. The summed E-state index contributed by atoms with van der Waals surface area (Å²) in [5.41, 5.74) is 9.42. The molecule has 6 heteroatoms. The number of guanidine groups is 1. The number of anilines is 1. The van der Waals surface area contributed by atoms with E-state index in [0.717, 1.165) is 23.5 Å². The fourth-order valence-corrected chi connectivity index (χ4v) is 3.34. The van der Waals surface area contributed by atoms with E-state index < -0.39 is 0 Å². The number of halogens is 1. The van der Waals surface area contributed by atoms with E-state index in [1.807, 2.05) is 24.3 Å². The van der Waals surface area contributed by atoms with Gasteiger partial charge >= 0.3 is 0 Å². The minimum atomic E-state index is 0. The summed E-state index contributed by atoms with van der Waals surface area (Å²) in [6.45, 7) is 4.06. The van der Waals surface area contributed by atoms with Gasteiger partial charge in [-0.05, 0) is 61.3 Å². The molecule has 0 amide bonds. The minimum absolute atomic E-state index is 0. The maximum Gasteiger partial charge on any atom is 0.193 e. The number of hydrogen-bond acceptors (Lipinski definition) is 3. The van der Waals surface area contributed by atoms with Gasteiger partial charge in [-0.2, -0.15) is 0 Å². The maximum absolute atomic E-state index is 5.99. The standard InChI is InChI=1S/C22H30N4O.HI/c1-27-21-12-10-20(11-13-21)25-22(23)24-16-18-6-8-19(9-7-18)17-26-14-4-2-3-5-15-26;/h6-13H,2-5,14-17H2,1H3,(H3,23,24,25);1H. The van der Waals surface area contributed by atoms with Gasteiger partial charge in [-0.15, -0.1) is 24.0 Å². The summed E-state index contributed by atoms with van der Waals surface area (Å²) in [5, 5.41) is 3.10. The molecule has 0 aromatic heterocycles. The molecule has 0 atom stereocenters. The zero-order valence-electron chi connectivity index (χ0n) is 16.6. The molecule has 0 unspecified atom stereocenters. The van der Waals surface area contributed by atoms with Crippen molar-refractivity contribution < 1.29 is 4.74 Å². The topological polar surface area (TPSA) is 62.9 Å². The monoisotopic (exact) mass is 494 g/mol. The number of hydrogen-bond donors (Lipinski definition) is 2. The van der Waals surface area contributed by atoms with Crippen LogP contribution in [-0.2, 0) is 13.1 Å². The molecule has 1 aliphatic heterocycles. The van der Waals surface area contributed by atoms with Gasteiger partial charge in [0.1, 0.15) is 5.75 Å². The molecule has 1 saturated heterocycles. The first-order chi connectivity index (χ1) is 13.2. The van der Waals surface area contributed by atoms with E-state index in [1.165, 1.54) is 44.3 Å². The first kappa shape index (κ1) is 22.5. The zero-order chi connectivity index (χ0) is 18.9. The smallest absolute Gasteiger partial charge is 0.193 e. The number of rotatable bonds is 6. The molecule has 2 aromatic carbocycles. The van der Waals surface area contributed by atoms with Gasteiger partial charge in [-0.3, -0.25) is 4.90 Å². The Balaban J connectivity index is 0.00000280. The molecule has 28 heavy (non-hydrogen) atoms. The van der Waals surface area contributed by atoms with Crippen LogP contribution in [-0.4, -0.2) is 31.1 Å². The number of nitrogens with zero attached hydrogens (tertiary/aromatic N) is 2. The molecule has 0 spiro atoms. The Hall–Kier alpha value is -1.80. The van der Waals surface area contributed by atoms with Crippen LogP contribution in [0.25, 0.3) is 0 Å². The number of nitrogens with one attached hydrogen (secondary N) is 1. The predicted molar refractivity (Wildman–Crippen MR) is 128 cm³/mol. The largest absolute Gasteiger partial charge is 0.497 e. The number of benzene rings is 2. The molecular weight excluding hydrogens is 463 g/mol. The summed E-state index contributed by atoms with van der Waals surface area (Å²) in [6, 6.07) is 16.3. The van der Waals surface area contributed by atoms with Crippen molar-refractivity contribution in [1.29, 1.82) is 0 Å². The van der Waals surface area contributed by atoms with Gasteiger partial charge in [0, 0.05) is 12.2 Å². The molecule has 0 saturated carbocycles. The Morgan fingerprint density at radius 2 is 1.57 bits per heavy atom. The van der Waals surface area contributed by atoms with E-state index in [1.54, 1.807) is 7.11 Å². The summed E-state index contributed by atoms with van der Waals surface area (Å²) in [4.78, 5) is 7.00. The highest BCUT2D eigenvalue weighted by molar-refractivity contribution is 14.0. The maximum atomic E-state index is 5.99. The molecule has 0 radical (unpaired) electrons. The van der Waals surface area contributed by atoms with Gasteiger partial charge in [0.05, 0.1) is 13.7 Å². The highest BCUT2D eigenvalue weighted by Gasteiger charge is 2.09. The Morgan fingerprint density at radius 1 is 0.964 bits per heavy atom. The van der Waals surface area contributed by atoms with Crippen LogP contribution in [0.1, 0.15) is 36.8 Å². The van der Waals surface area contributed by atoms with Gasteiger partial charge in [0.25, 0.3) is 0 Å². The number of likely N-dealkylation sites (tertiary alicyclic amines) is 1. The van der Waals surface area contributed by atoms with Crippen molar-refractivity contribution in [3.05, 3.63) is 59.7 Å². The van der Waals surface area contributed by atoms with Crippen LogP contribution >= 0.6 is 24.0 Å². The summed E-state index contributed by atoms with van der Waals surface area (Å²) in [6.07, 6.45) is 5.40. The molecular formula is C22H31IN4O. The van der Waals surface area contributed by atoms with Crippen molar-refractivity contribution in [2.75, 3.05) is 25.5 Å². The predicted octanol–water partition coefficient (Wildman–Crippen LogP) is 4.62. The quantitative estimate of drug-likeness (QED) is 0.350. The lowest BCUT2D eigenvalue weighted by molar-refractivity contribution is 0.277. The average Bonchev–Trinajstić information content (AvgIpc) is 2.97. The lowest BCUT2D eigenvalue weighted by Gasteiger charge is -2.19. The molecule has 3 rings (SSSR count).